The van der Waals surface area contributed by atoms with Crippen molar-refractivity contribution in [1.82, 2.24) is 0 Å². The fraction of sp³-hybridized carbons (Fsp3) is 0.154. The molecule has 0 saturated carbocycles. The van der Waals surface area contributed by atoms with Crippen molar-refractivity contribution in [2.24, 2.45) is 0 Å². The number of rotatable bonds is 4. The lowest BCUT2D eigenvalue weighted by Gasteiger charge is -2.04. The van der Waals surface area contributed by atoms with Crippen LogP contribution in [0.15, 0.2) is 36.1 Å². The molecule has 0 fully saturated rings. The van der Waals surface area contributed by atoms with Crippen LogP contribution in [0.1, 0.15) is 22.8 Å². The summed E-state index contributed by atoms with van der Waals surface area (Å²) in [6.07, 6.45) is 0.429. The third-order valence-electron chi connectivity index (χ3n) is 2.15. The standard InChI is InChI=1S/C13H11NO4/c1-2-18-13(17)11(8-15)12(16)10-5-3-9(7-14)4-6-10/h3-6,8,15H,2H2,1H3/b11-8-. The smallest absolute Gasteiger partial charge is 0.345 e. The second-order valence-corrected chi connectivity index (χ2v) is 3.28. The zero-order valence-electron chi connectivity index (χ0n) is 9.71. The highest BCUT2D eigenvalue weighted by atomic mass is 16.5. The number of Topliss-reactive ketones (excluding diaryl/α,β-unsaturated/α-hetero) is 1. The van der Waals surface area contributed by atoms with Crippen LogP contribution < -0.4 is 0 Å². The van der Waals surface area contributed by atoms with Crippen molar-refractivity contribution in [3.05, 3.63) is 47.2 Å². The van der Waals surface area contributed by atoms with Gasteiger partial charge in [-0.2, -0.15) is 5.26 Å². The molecule has 1 N–H and O–H groups in total. The van der Waals surface area contributed by atoms with E-state index in [0.717, 1.165) is 0 Å². The summed E-state index contributed by atoms with van der Waals surface area (Å²) in [4.78, 5) is 23.3. The Kier molecular flexibility index (Phi) is 4.64. The number of aliphatic hydroxyl groups excluding tert-OH is 1. The summed E-state index contributed by atoms with van der Waals surface area (Å²) in [5.41, 5.74) is 0.154. The molecule has 0 radical (unpaired) electrons. The van der Waals surface area contributed by atoms with Gasteiger partial charge in [-0.25, -0.2) is 4.79 Å². The molecule has 0 saturated heterocycles. The Hall–Kier alpha value is -2.61. The van der Waals surface area contributed by atoms with Gasteiger partial charge in [0.2, 0.25) is 5.78 Å². The maximum absolute atomic E-state index is 11.9. The van der Waals surface area contributed by atoms with E-state index < -0.39 is 17.3 Å². The van der Waals surface area contributed by atoms with E-state index in [2.05, 4.69) is 4.74 Å². The van der Waals surface area contributed by atoms with E-state index in [1.54, 1.807) is 6.92 Å². The van der Waals surface area contributed by atoms with Crippen molar-refractivity contribution in [3.8, 4) is 6.07 Å². The van der Waals surface area contributed by atoms with Gasteiger partial charge in [0.25, 0.3) is 0 Å². The monoisotopic (exact) mass is 245 g/mol. The molecule has 0 aliphatic carbocycles. The van der Waals surface area contributed by atoms with Gasteiger partial charge in [-0.3, -0.25) is 4.79 Å². The average Bonchev–Trinajstić information content (AvgIpc) is 2.40. The van der Waals surface area contributed by atoms with Gasteiger partial charge in [0.05, 0.1) is 24.5 Å². The lowest BCUT2D eigenvalue weighted by atomic mass is 10.0. The number of hydrogen-bond acceptors (Lipinski definition) is 5. The maximum Gasteiger partial charge on any atom is 0.345 e. The summed E-state index contributed by atoms with van der Waals surface area (Å²) in [6, 6.07) is 7.63. The predicted octanol–water partition coefficient (Wildman–Crippen LogP) is 1.75. The number of carbonyl (C=O) groups excluding carboxylic acids is 2. The minimum atomic E-state index is -0.880. The Balaban J connectivity index is 2.98. The van der Waals surface area contributed by atoms with Crippen LogP contribution in [0.2, 0.25) is 0 Å². The van der Waals surface area contributed by atoms with Crippen LogP contribution in [-0.4, -0.2) is 23.5 Å². The molecule has 0 aliphatic rings. The van der Waals surface area contributed by atoms with Crippen LogP contribution in [0.5, 0.6) is 0 Å². The number of nitrogens with zero attached hydrogens (tertiary/aromatic N) is 1. The van der Waals surface area contributed by atoms with E-state index >= 15 is 0 Å². The first-order valence-electron chi connectivity index (χ1n) is 5.20. The third-order valence-corrected chi connectivity index (χ3v) is 2.15. The zero-order valence-corrected chi connectivity index (χ0v) is 9.71. The van der Waals surface area contributed by atoms with Crippen LogP contribution in [0.3, 0.4) is 0 Å². The number of aliphatic hydroxyl groups is 1. The first kappa shape index (κ1) is 13.5. The normalized spacial score (nSPS) is 10.6. The third kappa shape index (κ3) is 2.95. The molecule has 1 aromatic rings. The van der Waals surface area contributed by atoms with Crippen LogP contribution in [0.25, 0.3) is 0 Å². The second-order valence-electron chi connectivity index (χ2n) is 3.28. The van der Waals surface area contributed by atoms with E-state index in [0.29, 0.717) is 11.8 Å². The average molecular weight is 245 g/mol. The van der Waals surface area contributed by atoms with Crippen molar-refractivity contribution in [3.63, 3.8) is 0 Å². The highest BCUT2D eigenvalue weighted by Gasteiger charge is 2.21. The fourth-order valence-electron chi connectivity index (χ4n) is 1.26. The topological polar surface area (TPSA) is 87.4 Å². The van der Waals surface area contributed by atoms with Gasteiger partial charge in [-0.1, -0.05) is 0 Å². The van der Waals surface area contributed by atoms with Crippen LogP contribution in [0, 0.1) is 11.3 Å². The van der Waals surface area contributed by atoms with E-state index in [1.165, 1.54) is 24.3 Å². The van der Waals surface area contributed by atoms with Crippen molar-refractivity contribution >= 4 is 11.8 Å². The molecule has 5 nitrogen and oxygen atoms in total. The van der Waals surface area contributed by atoms with E-state index in [9.17, 15) is 9.59 Å². The van der Waals surface area contributed by atoms with Crippen molar-refractivity contribution in [2.45, 2.75) is 6.92 Å². The predicted molar refractivity (Wildman–Crippen MR) is 62.8 cm³/mol. The number of esters is 1. The van der Waals surface area contributed by atoms with Crippen LogP contribution in [-0.2, 0) is 9.53 Å². The molecular weight excluding hydrogens is 234 g/mol. The van der Waals surface area contributed by atoms with Gasteiger partial charge < -0.3 is 9.84 Å². The number of benzene rings is 1. The summed E-state index contributed by atoms with van der Waals surface area (Å²) in [7, 11) is 0. The van der Waals surface area contributed by atoms with E-state index in [-0.39, 0.29) is 12.2 Å². The number of hydrogen-bond donors (Lipinski definition) is 1. The summed E-state index contributed by atoms with van der Waals surface area (Å²) in [5.74, 6) is -1.53. The molecule has 18 heavy (non-hydrogen) atoms. The minimum absolute atomic E-state index is 0.108. The quantitative estimate of drug-likeness (QED) is 0.218. The SMILES string of the molecule is CCOC(=O)/C(=C\O)C(=O)c1ccc(C#N)cc1. The zero-order chi connectivity index (χ0) is 13.5. The minimum Gasteiger partial charge on any atom is -0.515 e. The molecule has 1 rings (SSSR count). The van der Waals surface area contributed by atoms with Gasteiger partial charge in [0, 0.05) is 5.56 Å². The number of carbonyl (C=O) groups is 2. The van der Waals surface area contributed by atoms with Crippen LogP contribution in [0.4, 0.5) is 0 Å². The fourth-order valence-corrected chi connectivity index (χ4v) is 1.26. The lowest BCUT2D eigenvalue weighted by Crippen LogP contribution is -2.16. The summed E-state index contributed by atoms with van der Waals surface area (Å²) in [5, 5.41) is 17.5. The summed E-state index contributed by atoms with van der Waals surface area (Å²) >= 11 is 0. The highest BCUT2D eigenvalue weighted by Crippen LogP contribution is 2.11. The first-order valence-corrected chi connectivity index (χ1v) is 5.20. The van der Waals surface area contributed by atoms with Crippen molar-refractivity contribution in [2.75, 3.05) is 6.61 Å². The molecule has 0 unspecified atom stereocenters. The molecule has 5 heteroatoms. The molecule has 92 valence electrons. The Morgan fingerprint density at radius 2 is 2.00 bits per heavy atom. The summed E-state index contributed by atoms with van der Waals surface area (Å²) < 4.78 is 4.64. The molecule has 0 heterocycles. The molecule has 0 amide bonds. The van der Waals surface area contributed by atoms with Crippen molar-refractivity contribution in [1.29, 1.82) is 5.26 Å². The molecule has 0 spiro atoms. The van der Waals surface area contributed by atoms with E-state index in [1.807, 2.05) is 6.07 Å². The van der Waals surface area contributed by atoms with Gasteiger partial charge >= 0.3 is 5.97 Å². The molecule has 1 aromatic carbocycles. The Bertz CT molecular complexity index is 523. The Morgan fingerprint density at radius 1 is 1.39 bits per heavy atom. The molecule has 0 bridgehead atoms. The second kappa shape index (κ2) is 6.21. The molecular formula is C13H11NO4. The number of ether oxygens (including phenoxy) is 1. The molecule has 0 aliphatic heterocycles. The Morgan fingerprint density at radius 3 is 2.44 bits per heavy atom. The maximum atomic E-state index is 11.9. The van der Waals surface area contributed by atoms with Crippen LogP contribution >= 0.6 is 0 Å². The van der Waals surface area contributed by atoms with Gasteiger partial charge in [-0.15, -0.1) is 0 Å². The number of nitriles is 1. The van der Waals surface area contributed by atoms with Gasteiger partial charge in [-0.05, 0) is 31.2 Å². The van der Waals surface area contributed by atoms with E-state index in [4.69, 9.17) is 10.4 Å². The first-order chi connectivity index (χ1) is 8.63. The molecule has 0 atom stereocenters. The largest absolute Gasteiger partial charge is 0.515 e. The van der Waals surface area contributed by atoms with Crippen molar-refractivity contribution < 1.29 is 19.4 Å². The number of ketones is 1. The Labute approximate surface area is 104 Å². The van der Waals surface area contributed by atoms with Gasteiger partial charge in [0.15, 0.2) is 0 Å². The summed E-state index contributed by atoms with van der Waals surface area (Å²) in [6.45, 7) is 1.70. The highest BCUT2D eigenvalue weighted by molar-refractivity contribution is 6.23. The van der Waals surface area contributed by atoms with Gasteiger partial charge in [0.1, 0.15) is 5.57 Å². The lowest BCUT2D eigenvalue weighted by molar-refractivity contribution is -0.138. The molecule has 0 aromatic heterocycles.